The molecule has 104 valence electrons. The predicted molar refractivity (Wildman–Crippen MR) is 91.2 cm³/mol. The van der Waals surface area contributed by atoms with E-state index in [0.717, 1.165) is 32.5 Å². The molecule has 22 heavy (non-hydrogen) atoms. The number of nitrogens with two attached hydrogens (primary N) is 1. The van der Waals surface area contributed by atoms with Crippen LogP contribution in [0.15, 0.2) is 48.5 Å². The van der Waals surface area contributed by atoms with Gasteiger partial charge in [0.2, 0.25) is 5.91 Å². The molecule has 0 aliphatic carbocycles. The fourth-order valence-corrected chi connectivity index (χ4v) is 3.41. The highest BCUT2D eigenvalue weighted by Gasteiger charge is 2.17. The summed E-state index contributed by atoms with van der Waals surface area (Å²) in [5.74, 6) is 2.19. The van der Waals surface area contributed by atoms with Gasteiger partial charge < -0.3 is 5.73 Å². The van der Waals surface area contributed by atoms with Crippen molar-refractivity contribution in [3.05, 3.63) is 59.7 Å². The Kier molecular flexibility index (Phi) is 2.58. The standard InChI is InChI=1S/C20H13NO/c1-2-4-14-11-15-8-7-12-5-3-6-13-9-10-16(18(15)17(12)13)19(14)20(21)22/h1,3,5-11H,4H2,(H2,21,22). The SMILES string of the molecule is C#CCc1cc2ccc3cccc4ccc(c1C(N)=O)c2c34. The van der Waals surface area contributed by atoms with Crippen molar-refractivity contribution < 1.29 is 4.79 Å². The summed E-state index contributed by atoms with van der Waals surface area (Å²) in [5, 5.41) is 6.57. The minimum Gasteiger partial charge on any atom is -0.366 e. The van der Waals surface area contributed by atoms with Gasteiger partial charge in [0, 0.05) is 6.42 Å². The Morgan fingerprint density at radius 1 is 1.00 bits per heavy atom. The largest absolute Gasteiger partial charge is 0.366 e. The Labute approximate surface area is 127 Å². The first-order chi connectivity index (χ1) is 10.7. The van der Waals surface area contributed by atoms with E-state index in [0.29, 0.717) is 12.0 Å². The van der Waals surface area contributed by atoms with Gasteiger partial charge in [-0.2, -0.15) is 0 Å². The van der Waals surface area contributed by atoms with Crippen LogP contribution in [0.1, 0.15) is 15.9 Å². The Morgan fingerprint density at radius 3 is 2.36 bits per heavy atom. The lowest BCUT2D eigenvalue weighted by Gasteiger charge is -2.15. The second kappa shape index (κ2) is 4.47. The molecule has 2 nitrogen and oxygen atoms in total. The van der Waals surface area contributed by atoms with E-state index in [-0.39, 0.29) is 0 Å². The lowest BCUT2D eigenvalue weighted by molar-refractivity contribution is 0.100. The summed E-state index contributed by atoms with van der Waals surface area (Å²) in [5.41, 5.74) is 7.00. The van der Waals surface area contributed by atoms with Crippen molar-refractivity contribution in [3.63, 3.8) is 0 Å². The predicted octanol–water partition coefficient (Wildman–Crippen LogP) is 3.86. The average Bonchev–Trinajstić information content (AvgIpc) is 2.52. The quantitative estimate of drug-likeness (QED) is 0.440. The molecule has 0 aromatic heterocycles. The highest BCUT2D eigenvalue weighted by molar-refractivity contribution is 6.26. The van der Waals surface area contributed by atoms with Crippen LogP contribution < -0.4 is 5.73 Å². The smallest absolute Gasteiger partial charge is 0.249 e. The van der Waals surface area contributed by atoms with Crippen LogP contribution in [0.2, 0.25) is 0 Å². The van der Waals surface area contributed by atoms with E-state index in [1.165, 1.54) is 5.39 Å². The number of terminal acetylenes is 1. The zero-order chi connectivity index (χ0) is 15.3. The van der Waals surface area contributed by atoms with Gasteiger partial charge in [-0.1, -0.05) is 42.5 Å². The third kappa shape index (κ3) is 1.60. The molecule has 1 amide bonds. The van der Waals surface area contributed by atoms with Gasteiger partial charge in [-0.3, -0.25) is 4.79 Å². The van der Waals surface area contributed by atoms with Crippen LogP contribution in [-0.4, -0.2) is 5.91 Å². The van der Waals surface area contributed by atoms with Crippen molar-refractivity contribution in [3.8, 4) is 12.3 Å². The van der Waals surface area contributed by atoms with Gasteiger partial charge in [0.15, 0.2) is 0 Å². The topological polar surface area (TPSA) is 43.1 Å². The van der Waals surface area contributed by atoms with E-state index in [9.17, 15) is 4.79 Å². The Balaban J connectivity index is 2.31. The maximum absolute atomic E-state index is 12.0. The summed E-state index contributed by atoms with van der Waals surface area (Å²) < 4.78 is 0. The van der Waals surface area contributed by atoms with E-state index in [4.69, 9.17) is 12.2 Å². The fourth-order valence-electron chi connectivity index (χ4n) is 3.41. The molecule has 4 rings (SSSR count). The molecule has 0 fully saturated rings. The van der Waals surface area contributed by atoms with Gasteiger partial charge in [0.25, 0.3) is 0 Å². The van der Waals surface area contributed by atoms with Crippen molar-refractivity contribution in [1.82, 2.24) is 0 Å². The van der Waals surface area contributed by atoms with E-state index < -0.39 is 5.91 Å². The van der Waals surface area contributed by atoms with Crippen LogP contribution >= 0.6 is 0 Å². The molecular formula is C20H13NO. The Morgan fingerprint density at radius 2 is 1.68 bits per heavy atom. The molecule has 2 N–H and O–H groups in total. The first-order valence-corrected chi connectivity index (χ1v) is 7.13. The summed E-state index contributed by atoms with van der Waals surface area (Å²) in [4.78, 5) is 12.0. The summed E-state index contributed by atoms with van der Waals surface area (Å²) >= 11 is 0. The molecule has 0 saturated heterocycles. The molecular weight excluding hydrogens is 270 g/mol. The van der Waals surface area contributed by atoms with Gasteiger partial charge in [0.1, 0.15) is 0 Å². The number of hydrogen-bond acceptors (Lipinski definition) is 1. The van der Waals surface area contributed by atoms with E-state index in [1.54, 1.807) is 0 Å². The Hall–Kier alpha value is -3.05. The number of amides is 1. The van der Waals surface area contributed by atoms with Crippen LogP contribution in [0.25, 0.3) is 32.3 Å². The molecule has 0 aliphatic heterocycles. The van der Waals surface area contributed by atoms with Crippen LogP contribution in [0, 0.1) is 12.3 Å². The van der Waals surface area contributed by atoms with Gasteiger partial charge in [-0.25, -0.2) is 0 Å². The molecule has 0 radical (unpaired) electrons. The molecule has 2 heteroatoms. The highest BCUT2D eigenvalue weighted by atomic mass is 16.1. The van der Waals surface area contributed by atoms with E-state index in [2.05, 4.69) is 30.2 Å². The molecule has 4 aromatic carbocycles. The number of primary amides is 1. The minimum atomic E-state index is -0.428. The number of rotatable bonds is 2. The summed E-state index contributed by atoms with van der Waals surface area (Å²) in [6, 6.07) is 16.4. The van der Waals surface area contributed by atoms with Gasteiger partial charge in [-0.05, 0) is 43.9 Å². The van der Waals surface area contributed by atoms with E-state index in [1.807, 2.05) is 24.3 Å². The number of carbonyl (C=O) groups is 1. The van der Waals surface area contributed by atoms with Crippen molar-refractivity contribution in [2.24, 2.45) is 5.73 Å². The Bertz CT molecular complexity index is 1070. The third-order valence-electron chi connectivity index (χ3n) is 4.27. The van der Waals surface area contributed by atoms with Crippen molar-refractivity contribution >= 4 is 38.2 Å². The number of hydrogen-bond donors (Lipinski definition) is 1. The second-order valence-corrected chi connectivity index (χ2v) is 5.51. The lowest BCUT2D eigenvalue weighted by atomic mass is 9.88. The number of benzene rings is 4. The summed E-state index contributed by atoms with van der Waals surface area (Å²) in [7, 11) is 0. The molecule has 4 aromatic rings. The van der Waals surface area contributed by atoms with Gasteiger partial charge >= 0.3 is 0 Å². The first-order valence-electron chi connectivity index (χ1n) is 7.13. The van der Waals surface area contributed by atoms with Crippen molar-refractivity contribution in [1.29, 1.82) is 0 Å². The summed E-state index contributed by atoms with van der Waals surface area (Å²) in [6.45, 7) is 0. The minimum absolute atomic E-state index is 0.398. The van der Waals surface area contributed by atoms with Crippen LogP contribution in [0.3, 0.4) is 0 Å². The zero-order valence-corrected chi connectivity index (χ0v) is 11.9. The second-order valence-electron chi connectivity index (χ2n) is 5.51. The molecule has 0 aliphatic rings. The lowest BCUT2D eigenvalue weighted by Crippen LogP contribution is -2.14. The molecule has 0 unspecified atom stereocenters. The maximum Gasteiger partial charge on any atom is 0.249 e. The monoisotopic (exact) mass is 283 g/mol. The van der Waals surface area contributed by atoms with Crippen molar-refractivity contribution in [2.45, 2.75) is 6.42 Å². The molecule has 0 heterocycles. The molecule has 0 spiro atoms. The number of carbonyl (C=O) groups excluding carboxylic acids is 1. The molecule has 0 saturated carbocycles. The third-order valence-corrected chi connectivity index (χ3v) is 4.27. The highest BCUT2D eigenvalue weighted by Crippen LogP contribution is 2.37. The normalized spacial score (nSPS) is 11.2. The van der Waals surface area contributed by atoms with Crippen LogP contribution in [0.5, 0.6) is 0 Å². The van der Waals surface area contributed by atoms with Crippen LogP contribution in [-0.2, 0) is 6.42 Å². The van der Waals surface area contributed by atoms with Gasteiger partial charge in [-0.15, -0.1) is 12.3 Å². The zero-order valence-electron chi connectivity index (χ0n) is 11.9. The molecule has 0 atom stereocenters. The summed E-state index contributed by atoms with van der Waals surface area (Å²) in [6.07, 6.45) is 5.85. The fraction of sp³-hybridized carbons (Fsp3) is 0.0500. The van der Waals surface area contributed by atoms with Crippen molar-refractivity contribution in [2.75, 3.05) is 0 Å². The van der Waals surface area contributed by atoms with E-state index >= 15 is 0 Å². The first kappa shape index (κ1) is 12.7. The molecule has 0 bridgehead atoms. The average molecular weight is 283 g/mol. The van der Waals surface area contributed by atoms with Crippen LogP contribution in [0.4, 0.5) is 0 Å². The van der Waals surface area contributed by atoms with Gasteiger partial charge in [0.05, 0.1) is 5.56 Å². The maximum atomic E-state index is 12.0.